The first-order valence-electron chi connectivity index (χ1n) is 11.4. The Morgan fingerprint density at radius 2 is 1.58 bits per heavy atom. The van der Waals surface area contributed by atoms with Gasteiger partial charge in [0.1, 0.15) is 17.7 Å². The van der Waals surface area contributed by atoms with Crippen molar-refractivity contribution in [2.75, 3.05) is 6.61 Å². The normalized spacial score (nSPS) is 23.2. The van der Waals surface area contributed by atoms with E-state index >= 15 is 0 Å². The van der Waals surface area contributed by atoms with Crippen molar-refractivity contribution in [1.29, 1.82) is 0 Å². The molecule has 2 aromatic carbocycles. The molecule has 172 valence electrons. The fraction of sp³-hybridized carbons (Fsp3) is 0.423. The number of alkyl carbamates (subject to hydrolysis) is 1. The van der Waals surface area contributed by atoms with Crippen LogP contribution in [-0.2, 0) is 14.3 Å². The number of carbonyl (C=O) groups excluding carboxylic acids is 2. The average Bonchev–Trinajstić information content (AvgIpc) is 3.45. The van der Waals surface area contributed by atoms with E-state index in [0.717, 1.165) is 22.3 Å². The molecule has 2 aliphatic heterocycles. The fourth-order valence-corrected chi connectivity index (χ4v) is 5.85. The first-order chi connectivity index (χ1) is 15.7. The zero-order valence-electron chi connectivity index (χ0n) is 18.8. The molecule has 2 fully saturated rings. The van der Waals surface area contributed by atoms with Crippen LogP contribution < -0.4 is 5.32 Å². The summed E-state index contributed by atoms with van der Waals surface area (Å²) in [5.74, 6) is -1.42. The van der Waals surface area contributed by atoms with Gasteiger partial charge in [-0.05, 0) is 61.8 Å². The van der Waals surface area contributed by atoms with Crippen molar-refractivity contribution in [3.05, 3.63) is 59.7 Å². The SMILES string of the molecule is CC(C)(NC(=O)OCC1c2ccccc2-c2ccccc21)C(=O)N1C2CCC1(C(=O)O)CC2. The summed E-state index contributed by atoms with van der Waals surface area (Å²) in [6.07, 6.45) is 1.59. The molecule has 0 unspecified atom stereocenters. The lowest BCUT2D eigenvalue weighted by Gasteiger charge is -2.37. The van der Waals surface area contributed by atoms with Gasteiger partial charge in [0, 0.05) is 12.0 Å². The second kappa shape index (κ2) is 7.61. The monoisotopic (exact) mass is 448 g/mol. The minimum Gasteiger partial charge on any atom is -0.479 e. The molecular formula is C26H28N2O5. The molecule has 33 heavy (non-hydrogen) atoms. The van der Waals surface area contributed by atoms with E-state index in [2.05, 4.69) is 17.4 Å². The highest BCUT2D eigenvalue weighted by Crippen LogP contribution is 2.48. The number of benzene rings is 2. The maximum atomic E-state index is 13.4. The van der Waals surface area contributed by atoms with E-state index in [9.17, 15) is 19.5 Å². The number of fused-ring (bicyclic) bond motifs is 5. The number of amides is 2. The van der Waals surface area contributed by atoms with Crippen LogP contribution in [0.3, 0.4) is 0 Å². The number of ether oxygens (including phenoxy) is 1. The number of carboxylic acids is 1. The summed E-state index contributed by atoms with van der Waals surface area (Å²) in [6.45, 7) is 3.35. The van der Waals surface area contributed by atoms with Crippen molar-refractivity contribution in [2.45, 2.75) is 62.6 Å². The number of aliphatic carboxylic acids is 1. The maximum absolute atomic E-state index is 13.4. The van der Waals surface area contributed by atoms with Crippen LogP contribution in [0.25, 0.3) is 11.1 Å². The highest BCUT2D eigenvalue weighted by molar-refractivity contribution is 5.95. The Labute approximate surface area is 192 Å². The predicted molar refractivity (Wildman–Crippen MR) is 122 cm³/mol. The highest BCUT2D eigenvalue weighted by Gasteiger charge is 2.60. The van der Waals surface area contributed by atoms with E-state index in [1.54, 1.807) is 13.8 Å². The van der Waals surface area contributed by atoms with Gasteiger partial charge in [-0.25, -0.2) is 9.59 Å². The molecule has 7 nitrogen and oxygen atoms in total. The van der Waals surface area contributed by atoms with Crippen LogP contribution >= 0.6 is 0 Å². The first kappa shape index (κ1) is 21.5. The number of nitrogens with zero attached hydrogens (tertiary/aromatic N) is 1. The van der Waals surface area contributed by atoms with Crippen LogP contribution in [0.5, 0.6) is 0 Å². The van der Waals surface area contributed by atoms with Gasteiger partial charge >= 0.3 is 12.1 Å². The zero-order valence-corrected chi connectivity index (χ0v) is 18.8. The van der Waals surface area contributed by atoms with Crippen molar-refractivity contribution in [1.82, 2.24) is 10.2 Å². The largest absolute Gasteiger partial charge is 0.479 e. The van der Waals surface area contributed by atoms with Crippen LogP contribution in [0.2, 0.25) is 0 Å². The average molecular weight is 449 g/mol. The standard InChI is InChI=1S/C26H28N2O5/c1-25(2,22(29)28-16-11-13-26(28,14-12-16)23(30)31)27-24(32)33-15-21-19-9-5-3-7-17(19)18-8-4-6-10-20(18)21/h3-10,16,21H,11-15H2,1-2H3,(H,27,32)(H,30,31). The second-order valence-electron chi connectivity index (χ2n) is 9.82. The predicted octanol–water partition coefficient (Wildman–Crippen LogP) is 3.91. The Hall–Kier alpha value is -3.35. The molecule has 7 heteroatoms. The summed E-state index contributed by atoms with van der Waals surface area (Å²) in [4.78, 5) is 39.6. The van der Waals surface area contributed by atoms with E-state index < -0.39 is 23.1 Å². The van der Waals surface area contributed by atoms with Crippen molar-refractivity contribution in [3.8, 4) is 11.1 Å². The quantitative estimate of drug-likeness (QED) is 0.723. The molecule has 0 aromatic heterocycles. The van der Waals surface area contributed by atoms with Gasteiger partial charge in [-0.1, -0.05) is 48.5 Å². The Morgan fingerprint density at radius 3 is 2.12 bits per heavy atom. The third-order valence-electron chi connectivity index (χ3n) is 7.52. The number of hydrogen-bond donors (Lipinski definition) is 2. The van der Waals surface area contributed by atoms with Crippen molar-refractivity contribution in [3.63, 3.8) is 0 Å². The van der Waals surface area contributed by atoms with E-state index in [0.29, 0.717) is 25.7 Å². The molecule has 2 N–H and O–H groups in total. The van der Waals surface area contributed by atoms with Gasteiger partial charge in [-0.15, -0.1) is 0 Å². The molecule has 0 saturated carbocycles. The Kier molecular flexibility index (Phi) is 4.96. The molecule has 0 radical (unpaired) electrons. The lowest BCUT2D eigenvalue weighted by atomic mass is 9.87. The summed E-state index contributed by atoms with van der Waals surface area (Å²) in [7, 11) is 0. The van der Waals surface area contributed by atoms with Crippen LogP contribution in [0.1, 0.15) is 56.6 Å². The molecule has 3 aliphatic rings. The van der Waals surface area contributed by atoms with Crippen LogP contribution in [0.4, 0.5) is 4.79 Å². The Morgan fingerprint density at radius 1 is 1.03 bits per heavy atom. The minimum atomic E-state index is -1.28. The van der Waals surface area contributed by atoms with Crippen molar-refractivity contribution < 1.29 is 24.2 Å². The summed E-state index contributed by atoms with van der Waals surface area (Å²) < 4.78 is 5.59. The van der Waals surface area contributed by atoms with Gasteiger partial charge in [0.05, 0.1) is 0 Å². The minimum absolute atomic E-state index is 0.0772. The molecule has 2 bridgehead atoms. The summed E-state index contributed by atoms with van der Waals surface area (Å²) >= 11 is 0. The van der Waals surface area contributed by atoms with Gasteiger partial charge < -0.3 is 20.1 Å². The zero-order chi connectivity index (χ0) is 23.4. The number of carbonyl (C=O) groups is 3. The van der Waals surface area contributed by atoms with Gasteiger partial charge in [0.25, 0.3) is 0 Å². The van der Waals surface area contributed by atoms with Gasteiger partial charge in [0.2, 0.25) is 5.91 Å². The van der Waals surface area contributed by atoms with E-state index in [1.807, 2.05) is 36.4 Å². The lowest BCUT2D eigenvalue weighted by molar-refractivity contribution is -0.157. The molecule has 2 heterocycles. The van der Waals surface area contributed by atoms with Gasteiger partial charge in [-0.3, -0.25) is 4.79 Å². The summed E-state index contributed by atoms with van der Waals surface area (Å²) in [5, 5.41) is 12.5. The lowest BCUT2D eigenvalue weighted by Crippen LogP contribution is -2.61. The number of carboxylic acid groups (broad SMARTS) is 1. The fourth-order valence-electron chi connectivity index (χ4n) is 5.85. The Bertz CT molecular complexity index is 1090. The third kappa shape index (κ3) is 3.29. The Balaban J connectivity index is 1.28. The molecule has 2 amide bonds. The highest BCUT2D eigenvalue weighted by atomic mass is 16.5. The van der Waals surface area contributed by atoms with E-state index in [1.165, 1.54) is 4.90 Å². The maximum Gasteiger partial charge on any atom is 0.408 e. The third-order valence-corrected chi connectivity index (χ3v) is 7.52. The molecule has 0 spiro atoms. The summed E-state index contributed by atoms with van der Waals surface area (Å²) in [5.41, 5.74) is 2.07. The van der Waals surface area contributed by atoms with E-state index in [-0.39, 0.29) is 24.5 Å². The number of nitrogens with one attached hydrogen (secondary N) is 1. The molecule has 5 rings (SSSR count). The molecule has 2 saturated heterocycles. The van der Waals surface area contributed by atoms with E-state index in [4.69, 9.17) is 4.74 Å². The van der Waals surface area contributed by atoms with Crippen LogP contribution in [0.15, 0.2) is 48.5 Å². The molecule has 1 aliphatic carbocycles. The second-order valence-corrected chi connectivity index (χ2v) is 9.82. The molecule has 0 atom stereocenters. The number of hydrogen-bond acceptors (Lipinski definition) is 4. The van der Waals surface area contributed by atoms with Gasteiger partial charge in [0.15, 0.2) is 0 Å². The molecule has 2 aromatic rings. The number of rotatable bonds is 5. The van der Waals surface area contributed by atoms with Crippen LogP contribution in [-0.4, -0.2) is 51.7 Å². The topological polar surface area (TPSA) is 95.9 Å². The van der Waals surface area contributed by atoms with Gasteiger partial charge in [-0.2, -0.15) is 0 Å². The first-order valence-corrected chi connectivity index (χ1v) is 11.4. The van der Waals surface area contributed by atoms with Crippen molar-refractivity contribution in [2.24, 2.45) is 0 Å². The summed E-state index contributed by atoms with van der Waals surface area (Å²) in [6, 6.07) is 16.1. The van der Waals surface area contributed by atoms with Crippen LogP contribution in [0, 0.1) is 0 Å². The van der Waals surface area contributed by atoms with Crippen molar-refractivity contribution >= 4 is 18.0 Å². The smallest absolute Gasteiger partial charge is 0.408 e. The molecular weight excluding hydrogens is 420 g/mol.